The van der Waals surface area contributed by atoms with Crippen molar-refractivity contribution in [2.45, 2.75) is 66.3 Å². The van der Waals surface area contributed by atoms with E-state index in [1.807, 2.05) is 39.8 Å². The topological polar surface area (TPSA) is 40.5 Å². The fraction of sp³-hybridized carbons (Fsp3) is 0.379. The van der Waals surface area contributed by atoms with E-state index < -0.39 is 5.54 Å². The summed E-state index contributed by atoms with van der Waals surface area (Å²) < 4.78 is 13.3. The molecule has 4 nitrogen and oxygen atoms in total. The average Bonchev–Trinajstić information content (AvgIpc) is 2.80. The molecule has 1 aliphatic rings. The van der Waals surface area contributed by atoms with Gasteiger partial charge in [-0.05, 0) is 70.0 Å². The zero-order chi connectivity index (χ0) is 25.5. The zero-order valence-corrected chi connectivity index (χ0v) is 21.7. The van der Waals surface area contributed by atoms with Crippen molar-refractivity contribution in [2.24, 2.45) is 4.99 Å². The van der Waals surface area contributed by atoms with Crippen LogP contribution < -0.4 is 10.2 Å². The van der Waals surface area contributed by atoms with Crippen molar-refractivity contribution in [2.75, 3.05) is 11.4 Å². The van der Waals surface area contributed by atoms with Crippen molar-refractivity contribution in [3.8, 4) is 0 Å². The molecule has 1 aliphatic heterocycles. The number of nitrogens with zero attached hydrogens (tertiary/aromatic N) is 3. The summed E-state index contributed by atoms with van der Waals surface area (Å²) in [4.78, 5) is 12.0. The van der Waals surface area contributed by atoms with Crippen molar-refractivity contribution >= 4 is 17.2 Å². The molecule has 3 rings (SSSR count). The van der Waals surface area contributed by atoms with Crippen LogP contribution in [-0.2, 0) is 5.54 Å². The molecule has 0 radical (unpaired) electrons. The van der Waals surface area contributed by atoms with E-state index in [1.165, 1.54) is 12.1 Å². The van der Waals surface area contributed by atoms with Crippen LogP contribution >= 0.6 is 0 Å². The maximum atomic E-state index is 13.3. The number of allylic oxidation sites excluding steroid dienone is 2. The van der Waals surface area contributed by atoms with E-state index in [1.54, 1.807) is 12.1 Å². The quantitative estimate of drug-likeness (QED) is 0.356. The minimum atomic E-state index is -0.458. The van der Waals surface area contributed by atoms with Crippen LogP contribution in [0.2, 0.25) is 0 Å². The van der Waals surface area contributed by atoms with Crippen molar-refractivity contribution in [1.29, 1.82) is 0 Å². The number of amidine groups is 1. The maximum Gasteiger partial charge on any atom is 0.132 e. The predicted octanol–water partition coefficient (Wildman–Crippen LogP) is 7.56. The average molecular weight is 463 g/mol. The highest BCUT2D eigenvalue weighted by Crippen LogP contribution is 2.36. The number of pyridine rings is 1. The minimum absolute atomic E-state index is 0.261. The van der Waals surface area contributed by atoms with Gasteiger partial charge in [0.1, 0.15) is 11.7 Å². The first-order valence-electron chi connectivity index (χ1n) is 12.0. The van der Waals surface area contributed by atoms with E-state index in [4.69, 9.17) is 4.98 Å². The van der Waals surface area contributed by atoms with Gasteiger partial charge < -0.3 is 10.2 Å². The lowest BCUT2D eigenvalue weighted by molar-refractivity contribution is 0.457. The third-order valence-corrected chi connectivity index (χ3v) is 5.64. The van der Waals surface area contributed by atoms with Crippen LogP contribution in [0.25, 0.3) is 5.70 Å². The molecule has 1 aromatic carbocycles. The summed E-state index contributed by atoms with van der Waals surface area (Å²) in [6.07, 6.45) is 5.00. The molecule has 1 atom stereocenters. The Kier molecular flexibility index (Phi) is 9.36. The number of halogens is 1. The van der Waals surface area contributed by atoms with Crippen LogP contribution in [0.15, 0.2) is 72.4 Å². The molecule has 1 aromatic heterocycles. The van der Waals surface area contributed by atoms with Crippen molar-refractivity contribution < 1.29 is 4.39 Å². The standard InChI is InChI=1S/C27H33FN4.C2H6/c1-8-9-25(29-18(2)3)32-17-16-19(4)26-23(32)14-15-24(30-26)27(6,7)31-20(5)21-10-12-22(28)13-11-21;1-2/h8-15,19,31H,2,5,16-17H2,1,3-4,6-7H3;1-2H3/b9-8-,29-25?;. The number of rotatable bonds is 6. The molecule has 1 unspecified atom stereocenters. The zero-order valence-electron chi connectivity index (χ0n) is 21.7. The third kappa shape index (κ3) is 6.43. The molecule has 0 amide bonds. The van der Waals surface area contributed by atoms with Gasteiger partial charge >= 0.3 is 0 Å². The molecule has 0 saturated carbocycles. The fourth-order valence-corrected chi connectivity index (χ4v) is 3.92. The van der Waals surface area contributed by atoms with Crippen LogP contribution in [0.4, 0.5) is 10.1 Å². The lowest BCUT2D eigenvalue weighted by Gasteiger charge is -2.35. The summed E-state index contributed by atoms with van der Waals surface area (Å²) in [6, 6.07) is 10.5. The Balaban J connectivity index is 0.00000199. The number of benzene rings is 1. The van der Waals surface area contributed by atoms with Gasteiger partial charge in [-0.25, -0.2) is 9.38 Å². The van der Waals surface area contributed by atoms with E-state index in [9.17, 15) is 4.39 Å². The third-order valence-electron chi connectivity index (χ3n) is 5.64. The molecular weight excluding hydrogens is 423 g/mol. The number of hydrogen-bond acceptors (Lipinski definition) is 3. The Morgan fingerprint density at radius 3 is 2.41 bits per heavy atom. The van der Waals surface area contributed by atoms with Gasteiger partial charge in [0, 0.05) is 23.9 Å². The number of hydrogen-bond donors (Lipinski definition) is 1. The molecule has 5 heteroatoms. The molecule has 182 valence electrons. The lowest BCUT2D eigenvalue weighted by Crippen LogP contribution is -2.38. The molecule has 0 fully saturated rings. The van der Waals surface area contributed by atoms with Gasteiger partial charge in [0.05, 0.1) is 22.6 Å². The van der Waals surface area contributed by atoms with Crippen LogP contribution in [0.1, 0.15) is 77.8 Å². The maximum absolute atomic E-state index is 13.3. The Labute approximate surface area is 205 Å². The number of nitrogens with one attached hydrogen (secondary N) is 1. The largest absolute Gasteiger partial charge is 0.375 e. The van der Waals surface area contributed by atoms with E-state index >= 15 is 0 Å². The summed E-state index contributed by atoms with van der Waals surface area (Å²) >= 11 is 0. The van der Waals surface area contributed by atoms with Gasteiger partial charge in [0.2, 0.25) is 0 Å². The second-order valence-electron chi connectivity index (χ2n) is 8.88. The number of aromatic nitrogens is 1. The molecule has 0 saturated heterocycles. The highest BCUT2D eigenvalue weighted by atomic mass is 19.1. The second kappa shape index (κ2) is 11.8. The van der Waals surface area contributed by atoms with Crippen LogP contribution in [0, 0.1) is 5.82 Å². The Morgan fingerprint density at radius 1 is 1.18 bits per heavy atom. The minimum Gasteiger partial charge on any atom is -0.375 e. The summed E-state index contributed by atoms with van der Waals surface area (Å²) in [5, 5.41) is 3.47. The van der Waals surface area contributed by atoms with Crippen LogP contribution in [0.3, 0.4) is 0 Å². The van der Waals surface area contributed by atoms with Gasteiger partial charge in [-0.2, -0.15) is 0 Å². The first-order chi connectivity index (χ1) is 16.1. The molecule has 2 heterocycles. The summed E-state index contributed by atoms with van der Waals surface area (Å²) in [5.41, 5.74) is 4.97. The Bertz CT molecular complexity index is 1060. The molecule has 0 aliphatic carbocycles. The van der Waals surface area contributed by atoms with Crippen LogP contribution in [0.5, 0.6) is 0 Å². The predicted molar refractivity (Wildman–Crippen MR) is 145 cm³/mol. The van der Waals surface area contributed by atoms with Gasteiger partial charge in [0.15, 0.2) is 0 Å². The molecule has 1 N–H and O–H groups in total. The van der Waals surface area contributed by atoms with Gasteiger partial charge in [-0.3, -0.25) is 4.98 Å². The van der Waals surface area contributed by atoms with Crippen molar-refractivity contribution in [3.63, 3.8) is 0 Å². The smallest absolute Gasteiger partial charge is 0.132 e. The first-order valence-corrected chi connectivity index (χ1v) is 12.0. The van der Waals surface area contributed by atoms with E-state index in [0.29, 0.717) is 5.92 Å². The summed E-state index contributed by atoms with van der Waals surface area (Å²) in [7, 11) is 0. The van der Waals surface area contributed by atoms with Crippen molar-refractivity contribution in [3.05, 3.63) is 90.2 Å². The second-order valence-corrected chi connectivity index (χ2v) is 8.88. The molecule has 0 bridgehead atoms. The monoisotopic (exact) mass is 462 g/mol. The normalized spacial score (nSPS) is 15.9. The van der Waals surface area contributed by atoms with E-state index in [0.717, 1.165) is 52.8 Å². The first kappa shape index (κ1) is 27.0. The van der Waals surface area contributed by atoms with Gasteiger partial charge in [-0.1, -0.05) is 52.1 Å². The van der Waals surface area contributed by atoms with Crippen LogP contribution in [-0.4, -0.2) is 17.4 Å². The lowest BCUT2D eigenvalue weighted by atomic mass is 9.92. The van der Waals surface area contributed by atoms with Gasteiger partial charge in [0.25, 0.3) is 0 Å². The molecule has 0 spiro atoms. The Hall–Kier alpha value is -3.21. The fourth-order valence-electron chi connectivity index (χ4n) is 3.92. The number of anilines is 1. The number of fused-ring (bicyclic) bond motifs is 1. The van der Waals surface area contributed by atoms with Crippen molar-refractivity contribution in [1.82, 2.24) is 10.3 Å². The van der Waals surface area contributed by atoms with E-state index in [-0.39, 0.29) is 5.82 Å². The SMILES string of the molecule is C=C(C)N=C(/C=C\C)N1CCC(C)c2nc(C(C)(C)NC(=C)c3ccc(F)cc3)ccc21.CC. The summed E-state index contributed by atoms with van der Waals surface area (Å²) in [6.45, 7) is 23.2. The highest BCUT2D eigenvalue weighted by molar-refractivity contribution is 6.06. The highest BCUT2D eigenvalue weighted by Gasteiger charge is 2.30. The summed E-state index contributed by atoms with van der Waals surface area (Å²) in [5.74, 6) is 0.960. The Morgan fingerprint density at radius 2 is 1.82 bits per heavy atom. The molecule has 2 aromatic rings. The van der Waals surface area contributed by atoms with E-state index in [2.05, 4.69) is 61.3 Å². The molecule has 34 heavy (non-hydrogen) atoms. The molecular formula is C29H39FN4. The van der Waals surface area contributed by atoms with Gasteiger partial charge in [-0.15, -0.1) is 0 Å². The number of aliphatic imine (C=N–C) groups is 1.